The average molecular weight is 461 g/mol. The van der Waals surface area contributed by atoms with Gasteiger partial charge in [-0.25, -0.2) is 4.79 Å². The van der Waals surface area contributed by atoms with Gasteiger partial charge in [-0.05, 0) is 54.4 Å². The summed E-state index contributed by atoms with van der Waals surface area (Å²) in [7, 11) is 1.42. The molecule has 0 saturated heterocycles. The molecule has 0 spiro atoms. The third-order valence-electron chi connectivity index (χ3n) is 6.23. The van der Waals surface area contributed by atoms with E-state index in [2.05, 4.69) is 31.4 Å². The molecule has 184 valence electrons. The second-order valence-electron chi connectivity index (χ2n) is 10.4. The number of benzene rings is 1. The molecule has 1 aliphatic carbocycles. The summed E-state index contributed by atoms with van der Waals surface area (Å²) in [5, 5.41) is 5.80. The Morgan fingerprint density at radius 3 is 2.45 bits per heavy atom. The summed E-state index contributed by atoms with van der Waals surface area (Å²) < 4.78 is 10.1. The summed E-state index contributed by atoms with van der Waals surface area (Å²) in [4.78, 5) is 35.8. The van der Waals surface area contributed by atoms with Crippen LogP contribution < -0.4 is 10.6 Å². The van der Waals surface area contributed by atoms with Crippen molar-refractivity contribution in [2.24, 2.45) is 16.7 Å². The van der Waals surface area contributed by atoms with E-state index in [9.17, 15) is 14.4 Å². The number of carbonyl (C=O) groups is 3. The first-order valence-corrected chi connectivity index (χ1v) is 11.9. The molecular weight excluding hydrogens is 420 g/mol. The van der Waals surface area contributed by atoms with Crippen molar-refractivity contribution in [2.75, 3.05) is 20.3 Å². The van der Waals surface area contributed by atoms with Crippen LogP contribution >= 0.6 is 0 Å². The van der Waals surface area contributed by atoms with Gasteiger partial charge in [0.15, 0.2) is 0 Å². The van der Waals surface area contributed by atoms with E-state index in [1.807, 2.05) is 30.3 Å². The largest absolute Gasteiger partial charge is 0.469 e. The molecule has 0 radical (unpaired) electrons. The molecular formula is C26H40N2O5. The van der Waals surface area contributed by atoms with E-state index < -0.39 is 6.09 Å². The van der Waals surface area contributed by atoms with E-state index >= 15 is 0 Å². The molecule has 2 N–H and O–H groups in total. The molecule has 1 fully saturated rings. The van der Waals surface area contributed by atoms with Gasteiger partial charge in [-0.15, -0.1) is 0 Å². The molecule has 2 rings (SSSR count). The number of unbranched alkanes of at least 4 members (excludes halogenated alkanes) is 1. The average Bonchev–Trinajstić information content (AvgIpc) is 2.75. The molecule has 0 heterocycles. The highest BCUT2D eigenvalue weighted by molar-refractivity contribution is 5.75. The number of carbonyl (C=O) groups excluding carboxylic acids is 3. The fraction of sp³-hybridized carbons (Fsp3) is 0.654. The van der Waals surface area contributed by atoms with Crippen LogP contribution in [-0.2, 0) is 25.6 Å². The predicted molar refractivity (Wildman–Crippen MR) is 127 cm³/mol. The Bertz CT molecular complexity index is 780. The number of methoxy groups -OCH3 is 1. The van der Waals surface area contributed by atoms with E-state index in [-0.39, 0.29) is 35.2 Å². The monoisotopic (exact) mass is 460 g/mol. The van der Waals surface area contributed by atoms with Gasteiger partial charge >= 0.3 is 12.1 Å². The maximum atomic E-state index is 12.2. The Morgan fingerprint density at radius 2 is 1.76 bits per heavy atom. The van der Waals surface area contributed by atoms with Crippen LogP contribution in [-0.4, -0.2) is 38.2 Å². The molecule has 2 atom stereocenters. The minimum atomic E-state index is -0.433. The number of amides is 2. The summed E-state index contributed by atoms with van der Waals surface area (Å²) in [6.07, 6.45) is 4.50. The number of ether oxygens (including phenoxy) is 2. The van der Waals surface area contributed by atoms with Crippen LogP contribution in [0, 0.1) is 16.7 Å². The fourth-order valence-corrected chi connectivity index (χ4v) is 5.22. The number of alkyl carbamates (subject to hydrolysis) is 1. The van der Waals surface area contributed by atoms with Gasteiger partial charge in [-0.2, -0.15) is 0 Å². The zero-order valence-corrected chi connectivity index (χ0v) is 20.6. The standard InChI is InChI=1S/C26H40N2O5/c1-25(2)15-21(14-23(30)32-4)16-26(3,18-25)19-28-24(31)33-13-9-8-12-22(29)27-17-20-10-6-5-7-11-20/h5-7,10-11,21H,8-9,12-19H2,1-4H3,(H,27,29)(H,28,31). The van der Waals surface area contributed by atoms with Crippen LogP contribution in [0.4, 0.5) is 4.79 Å². The first kappa shape index (κ1) is 26.7. The fourth-order valence-electron chi connectivity index (χ4n) is 5.22. The molecule has 7 nitrogen and oxygen atoms in total. The van der Waals surface area contributed by atoms with Crippen molar-refractivity contribution >= 4 is 18.0 Å². The van der Waals surface area contributed by atoms with E-state index in [1.165, 1.54) is 7.11 Å². The highest BCUT2D eigenvalue weighted by atomic mass is 16.5. The van der Waals surface area contributed by atoms with E-state index in [0.717, 1.165) is 24.8 Å². The second-order valence-corrected chi connectivity index (χ2v) is 10.4. The number of nitrogens with one attached hydrogen (secondary N) is 2. The Morgan fingerprint density at radius 1 is 1.03 bits per heavy atom. The minimum Gasteiger partial charge on any atom is -0.469 e. The van der Waals surface area contributed by atoms with E-state index in [1.54, 1.807) is 0 Å². The topological polar surface area (TPSA) is 93.7 Å². The number of hydrogen-bond donors (Lipinski definition) is 2. The third-order valence-corrected chi connectivity index (χ3v) is 6.23. The van der Waals surface area contributed by atoms with Crippen LogP contribution in [0.2, 0.25) is 0 Å². The lowest BCUT2D eigenvalue weighted by Crippen LogP contribution is -2.44. The van der Waals surface area contributed by atoms with Gasteiger partial charge in [0.25, 0.3) is 0 Å². The van der Waals surface area contributed by atoms with Crippen LogP contribution in [0.25, 0.3) is 0 Å². The van der Waals surface area contributed by atoms with Gasteiger partial charge in [0, 0.05) is 25.9 Å². The molecule has 33 heavy (non-hydrogen) atoms. The van der Waals surface area contributed by atoms with Gasteiger partial charge in [0.05, 0.1) is 13.7 Å². The highest BCUT2D eigenvalue weighted by Gasteiger charge is 2.42. The SMILES string of the molecule is COC(=O)CC1CC(C)(C)CC(C)(CNC(=O)OCCCCC(=O)NCc2ccccc2)C1. The smallest absolute Gasteiger partial charge is 0.407 e. The van der Waals surface area contributed by atoms with Crippen LogP contribution in [0.5, 0.6) is 0 Å². The summed E-state index contributed by atoms with van der Waals surface area (Å²) in [6.45, 7) is 7.90. The summed E-state index contributed by atoms with van der Waals surface area (Å²) in [5.74, 6) is 0.0656. The quantitative estimate of drug-likeness (QED) is 0.372. The Hall–Kier alpha value is -2.57. The summed E-state index contributed by atoms with van der Waals surface area (Å²) >= 11 is 0. The first-order valence-electron chi connectivity index (χ1n) is 11.9. The van der Waals surface area contributed by atoms with Gasteiger partial charge in [0.2, 0.25) is 5.91 Å². The lowest BCUT2D eigenvalue weighted by Gasteiger charge is -2.46. The van der Waals surface area contributed by atoms with Crippen molar-refractivity contribution in [3.8, 4) is 0 Å². The minimum absolute atomic E-state index is 0.00217. The summed E-state index contributed by atoms with van der Waals surface area (Å²) in [6, 6.07) is 9.78. The molecule has 0 bridgehead atoms. The van der Waals surface area contributed by atoms with Crippen LogP contribution in [0.1, 0.15) is 71.3 Å². The zero-order valence-electron chi connectivity index (χ0n) is 20.6. The maximum Gasteiger partial charge on any atom is 0.407 e. The predicted octanol–water partition coefficient (Wildman–Crippen LogP) is 4.60. The second kappa shape index (κ2) is 12.6. The number of hydrogen-bond acceptors (Lipinski definition) is 5. The van der Waals surface area contributed by atoms with Crippen LogP contribution in [0.3, 0.4) is 0 Å². The molecule has 2 unspecified atom stereocenters. The third kappa shape index (κ3) is 10.3. The molecule has 1 aromatic carbocycles. The van der Waals surface area contributed by atoms with Gasteiger partial charge in [-0.1, -0.05) is 51.1 Å². The van der Waals surface area contributed by atoms with Crippen molar-refractivity contribution in [3.05, 3.63) is 35.9 Å². The van der Waals surface area contributed by atoms with Crippen LogP contribution in [0.15, 0.2) is 30.3 Å². The molecule has 1 aliphatic rings. The van der Waals surface area contributed by atoms with Gasteiger partial charge in [0.1, 0.15) is 0 Å². The maximum absolute atomic E-state index is 12.2. The van der Waals surface area contributed by atoms with Gasteiger partial charge in [-0.3, -0.25) is 9.59 Å². The van der Waals surface area contributed by atoms with Crippen molar-refractivity contribution in [2.45, 2.75) is 72.3 Å². The highest BCUT2D eigenvalue weighted by Crippen LogP contribution is 2.49. The van der Waals surface area contributed by atoms with Crippen molar-refractivity contribution in [1.29, 1.82) is 0 Å². The van der Waals surface area contributed by atoms with Crippen molar-refractivity contribution < 1.29 is 23.9 Å². The normalized spacial score (nSPS) is 21.6. The van der Waals surface area contributed by atoms with Gasteiger partial charge < -0.3 is 20.1 Å². The molecule has 7 heteroatoms. The number of esters is 1. The molecule has 2 amide bonds. The Kier molecular flexibility index (Phi) is 10.2. The van der Waals surface area contributed by atoms with E-state index in [4.69, 9.17) is 9.47 Å². The molecule has 1 aromatic rings. The first-order chi connectivity index (χ1) is 15.6. The van der Waals surface area contributed by atoms with Crippen molar-refractivity contribution in [1.82, 2.24) is 10.6 Å². The molecule has 0 aromatic heterocycles. The Labute approximate surface area is 198 Å². The molecule has 1 saturated carbocycles. The number of rotatable bonds is 11. The summed E-state index contributed by atoms with van der Waals surface area (Å²) in [5.41, 5.74) is 1.06. The molecule has 0 aliphatic heterocycles. The zero-order chi connectivity index (χ0) is 24.3. The lowest BCUT2D eigenvalue weighted by atomic mass is 9.60. The van der Waals surface area contributed by atoms with Crippen molar-refractivity contribution in [3.63, 3.8) is 0 Å². The lowest BCUT2D eigenvalue weighted by molar-refractivity contribution is -0.142. The Balaban J connectivity index is 1.62. The van der Waals surface area contributed by atoms with E-state index in [0.29, 0.717) is 38.8 Å².